The predicted octanol–water partition coefficient (Wildman–Crippen LogP) is 4.52. The highest BCUT2D eigenvalue weighted by Crippen LogP contribution is 2.33. The van der Waals surface area contributed by atoms with Crippen molar-refractivity contribution in [3.8, 4) is 5.88 Å². The third-order valence-corrected chi connectivity index (χ3v) is 5.57. The normalized spacial score (nSPS) is 11.8. The molecule has 3 rings (SSSR count). The van der Waals surface area contributed by atoms with Gasteiger partial charge in [0.15, 0.2) is 0 Å². The van der Waals surface area contributed by atoms with Gasteiger partial charge >= 0.3 is 12.1 Å². The van der Waals surface area contributed by atoms with Crippen molar-refractivity contribution in [1.82, 2.24) is 14.8 Å². The van der Waals surface area contributed by atoms with Gasteiger partial charge in [-0.3, -0.25) is 9.78 Å². The summed E-state index contributed by atoms with van der Waals surface area (Å²) in [5.41, 5.74) is 5.22. The minimum atomic E-state index is -5.20. The van der Waals surface area contributed by atoms with E-state index in [-0.39, 0.29) is 16.8 Å². The molecule has 0 saturated heterocycles. The molecule has 0 N–H and O–H groups in total. The van der Waals surface area contributed by atoms with Gasteiger partial charge in [-0.1, -0.05) is 0 Å². The zero-order chi connectivity index (χ0) is 23.4. The summed E-state index contributed by atoms with van der Waals surface area (Å²) in [5, 5.41) is 4.92. The summed E-state index contributed by atoms with van der Waals surface area (Å²) in [6.45, 7) is 10.9. The fourth-order valence-corrected chi connectivity index (χ4v) is 3.75. The van der Waals surface area contributed by atoms with Crippen molar-refractivity contribution in [2.24, 2.45) is 7.05 Å². The molecule has 0 aliphatic carbocycles. The molecule has 0 aliphatic heterocycles. The number of hydrogen-bond donors (Lipinski definition) is 0. The lowest BCUT2D eigenvalue weighted by Gasteiger charge is -2.16. The van der Waals surface area contributed by atoms with Crippen molar-refractivity contribution in [2.75, 3.05) is 0 Å². The van der Waals surface area contributed by atoms with Gasteiger partial charge in [0, 0.05) is 23.7 Å². The molecule has 2 heterocycles. The zero-order valence-electron chi connectivity index (χ0n) is 18.3. The number of fused-ring (bicyclic) bond motifs is 1. The standard InChI is InChI=1S/C22H22F3N3O3/c1-9-8-15(12(4)18-16(9)11(3)10(2)13(5)26-18)19(29)17-14(6)27-28(7)20(17)31-21(30)22(23,24)25/h8H,1-7H3. The number of halogens is 3. The van der Waals surface area contributed by atoms with Crippen LogP contribution in [0.25, 0.3) is 10.9 Å². The van der Waals surface area contributed by atoms with Crippen molar-refractivity contribution >= 4 is 22.7 Å². The summed E-state index contributed by atoms with van der Waals surface area (Å²) < 4.78 is 43.7. The SMILES string of the molecule is Cc1nc2c(C)c(C(=O)c3c(C)nn(C)c3OC(=O)C(F)(F)F)cc(C)c2c(C)c1C. The van der Waals surface area contributed by atoms with Gasteiger partial charge in [0.2, 0.25) is 11.7 Å². The average molecular weight is 433 g/mol. The van der Waals surface area contributed by atoms with Crippen LogP contribution in [0, 0.1) is 41.5 Å². The highest BCUT2D eigenvalue weighted by molar-refractivity contribution is 6.14. The third kappa shape index (κ3) is 3.68. The smallest absolute Gasteiger partial charge is 0.400 e. The number of nitrogens with zero attached hydrogens (tertiary/aromatic N) is 3. The Hall–Kier alpha value is -3.23. The molecule has 0 atom stereocenters. The van der Waals surface area contributed by atoms with Crippen molar-refractivity contribution in [1.29, 1.82) is 0 Å². The molecule has 0 unspecified atom stereocenters. The first-order valence-electron chi connectivity index (χ1n) is 9.50. The first-order chi connectivity index (χ1) is 14.3. The lowest BCUT2D eigenvalue weighted by atomic mass is 9.91. The van der Waals surface area contributed by atoms with Crippen molar-refractivity contribution in [2.45, 2.75) is 47.7 Å². The minimum absolute atomic E-state index is 0.152. The van der Waals surface area contributed by atoms with Crippen molar-refractivity contribution < 1.29 is 27.5 Å². The molecule has 0 amide bonds. The maximum absolute atomic E-state index is 13.4. The number of pyridine rings is 1. The highest BCUT2D eigenvalue weighted by atomic mass is 19.4. The molecular weight excluding hydrogens is 411 g/mol. The Kier molecular flexibility index (Phi) is 5.41. The Bertz CT molecular complexity index is 1260. The average Bonchev–Trinajstić information content (AvgIpc) is 2.94. The second-order valence-electron chi connectivity index (χ2n) is 7.64. The second-order valence-corrected chi connectivity index (χ2v) is 7.64. The number of carbonyl (C=O) groups is 2. The van der Waals surface area contributed by atoms with Gasteiger partial charge in [-0.05, 0) is 69.9 Å². The number of rotatable bonds is 3. The van der Waals surface area contributed by atoms with Crippen LogP contribution in [0.15, 0.2) is 6.07 Å². The first kappa shape index (κ1) is 22.5. The molecule has 0 fully saturated rings. The van der Waals surface area contributed by atoms with Crippen molar-refractivity contribution in [3.63, 3.8) is 0 Å². The summed E-state index contributed by atoms with van der Waals surface area (Å²) in [6, 6.07) is 1.69. The second kappa shape index (κ2) is 7.47. The van der Waals surface area contributed by atoms with Crippen LogP contribution >= 0.6 is 0 Å². The number of aryl methyl sites for hydroxylation is 6. The topological polar surface area (TPSA) is 74.1 Å². The molecule has 2 aromatic heterocycles. The monoisotopic (exact) mass is 433 g/mol. The van der Waals surface area contributed by atoms with Gasteiger partial charge in [0.25, 0.3) is 0 Å². The number of alkyl halides is 3. The summed E-state index contributed by atoms with van der Waals surface area (Å²) >= 11 is 0. The van der Waals surface area contributed by atoms with E-state index in [0.29, 0.717) is 11.1 Å². The molecule has 6 nitrogen and oxygen atoms in total. The number of benzene rings is 1. The van der Waals surface area contributed by atoms with Crippen LogP contribution in [0.3, 0.4) is 0 Å². The lowest BCUT2D eigenvalue weighted by Crippen LogP contribution is -2.29. The van der Waals surface area contributed by atoms with E-state index in [1.165, 1.54) is 14.0 Å². The Balaban J connectivity index is 2.22. The number of hydrogen-bond acceptors (Lipinski definition) is 5. The molecule has 164 valence electrons. The quantitative estimate of drug-likeness (QED) is 0.449. The van der Waals surface area contributed by atoms with E-state index in [2.05, 4.69) is 14.8 Å². The van der Waals surface area contributed by atoms with Crippen LogP contribution in [0.5, 0.6) is 5.88 Å². The number of aromatic nitrogens is 3. The molecule has 0 radical (unpaired) electrons. The molecule has 31 heavy (non-hydrogen) atoms. The maximum atomic E-state index is 13.4. The molecular formula is C22H22F3N3O3. The molecule has 0 aliphatic rings. The Morgan fingerprint density at radius 3 is 2.16 bits per heavy atom. The van der Waals surface area contributed by atoms with Gasteiger partial charge < -0.3 is 4.74 Å². The molecule has 0 saturated carbocycles. The first-order valence-corrected chi connectivity index (χ1v) is 9.50. The number of esters is 1. The van der Waals surface area contributed by atoms with Gasteiger partial charge in [0.05, 0.1) is 11.2 Å². The maximum Gasteiger partial charge on any atom is 0.491 e. The van der Waals surface area contributed by atoms with E-state index in [9.17, 15) is 22.8 Å². The zero-order valence-corrected chi connectivity index (χ0v) is 18.3. The van der Waals surface area contributed by atoms with E-state index in [1.54, 1.807) is 13.0 Å². The van der Waals surface area contributed by atoms with Crippen LogP contribution < -0.4 is 4.74 Å². The fourth-order valence-electron chi connectivity index (χ4n) is 3.75. The fraction of sp³-hybridized carbons (Fsp3) is 0.364. The van der Waals surface area contributed by atoms with E-state index >= 15 is 0 Å². The molecule has 9 heteroatoms. The van der Waals surface area contributed by atoms with E-state index in [1.807, 2.05) is 27.7 Å². The number of ether oxygens (including phenoxy) is 1. The number of carbonyl (C=O) groups excluding carboxylic acids is 2. The van der Waals surface area contributed by atoms with Crippen LogP contribution in [-0.4, -0.2) is 32.7 Å². The highest BCUT2D eigenvalue weighted by Gasteiger charge is 2.43. The lowest BCUT2D eigenvalue weighted by molar-refractivity contribution is -0.190. The summed E-state index contributed by atoms with van der Waals surface area (Å²) in [7, 11) is 1.30. The largest absolute Gasteiger partial charge is 0.491 e. The van der Waals surface area contributed by atoms with Crippen LogP contribution in [0.4, 0.5) is 13.2 Å². The Labute approximate surface area is 177 Å². The van der Waals surface area contributed by atoms with Crippen molar-refractivity contribution in [3.05, 3.63) is 50.8 Å². The molecule has 1 aromatic carbocycles. The summed E-state index contributed by atoms with van der Waals surface area (Å²) in [4.78, 5) is 29.5. The van der Waals surface area contributed by atoms with Crippen LogP contribution in [0.1, 0.15) is 49.6 Å². The van der Waals surface area contributed by atoms with E-state index < -0.39 is 23.8 Å². The predicted molar refractivity (Wildman–Crippen MR) is 108 cm³/mol. The molecule has 0 spiro atoms. The van der Waals surface area contributed by atoms with Gasteiger partial charge in [-0.2, -0.15) is 18.3 Å². The van der Waals surface area contributed by atoms with Crippen LogP contribution in [0.2, 0.25) is 0 Å². The molecule has 0 bridgehead atoms. The Morgan fingerprint density at radius 1 is 0.968 bits per heavy atom. The summed E-state index contributed by atoms with van der Waals surface area (Å²) in [6.07, 6.45) is -5.20. The van der Waals surface area contributed by atoms with E-state index in [0.717, 1.165) is 32.5 Å². The van der Waals surface area contributed by atoms with Gasteiger partial charge in [-0.25, -0.2) is 9.48 Å². The minimum Gasteiger partial charge on any atom is -0.400 e. The third-order valence-electron chi connectivity index (χ3n) is 5.57. The Morgan fingerprint density at radius 2 is 1.58 bits per heavy atom. The molecule has 3 aromatic rings. The number of ketones is 1. The summed E-state index contributed by atoms with van der Waals surface area (Å²) in [5.74, 6) is -3.55. The van der Waals surface area contributed by atoms with E-state index in [4.69, 9.17) is 0 Å². The van der Waals surface area contributed by atoms with Crippen LogP contribution in [-0.2, 0) is 11.8 Å². The van der Waals surface area contributed by atoms with Gasteiger partial charge in [0.1, 0.15) is 5.56 Å². The van der Waals surface area contributed by atoms with Gasteiger partial charge in [-0.15, -0.1) is 0 Å².